The predicted octanol–water partition coefficient (Wildman–Crippen LogP) is 1.99. The fraction of sp³-hybridized carbons (Fsp3) is 0.571. The van der Waals surface area contributed by atoms with E-state index in [1.807, 2.05) is 0 Å². The van der Waals surface area contributed by atoms with Crippen LogP contribution in [0.15, 0.2) is 17.1 Å². The Kier molecular flexibility index (Phi) is 3.84. The van der Waals surface area contributed by atoms with E-state index in [4.69, 9.17) is 0 Å². The van der Waals surface area contributed by atoms with Gasteiger partial charge >= 0.3 is 0 Å². The molecule has 1 amide bonds. The molecule has 1 aromatic heterocycles. The molecule has 1 heterocycles. The van der Waals surface area contributed by atoms with Crippen molar-refractivity contribution in [3.05, 3.63) is 33.7 Å². The fourth-order valence-electron chi connectivity index (χ4n) is 2.10. The summed E-state index contributed by atoms with van der Waals surface area (Å²) < 4.78 is 0. The van der Waals surface area contributed by atoms with E-state index in [0.717, 1.165) is 24.5 Å². The summed E-state index contributed by atoms with van der Waals surface area (Å²) in [6, 6.07) is 1.64. The number of carbonyl (C=O) groups excluding carboxylic acids is 1. The van der Waals surface area contributed by atoms with Crippen molar-refractivity contribution < 1.29 is 4.79 Å². The van der Waals surface area contributed by atoms with Crippen LogP contribution in [0.3, 0.4) is 0 Å². The van der Waals surface area contributed by atoms with E-state index in [1.165, 1.54) is 25.1 Å². The second-order valence-corrected chi connectivity index (χ2v) is 5.15. The van der Waals surface area contributed by atoms with Gasteiger partial charge in [-0.05, 0) is 25.7 Å². The van der Waals surface area contributed by atoms with Crippen LogP contribution in [-0.2, 0) is 0 Å². The summed E-state index contributed by atoms with van der Waals surface area (Å²) in [5.74, 6) is 0.510. The molecule has 2 rings (SSSR count). The number of aromatic amines is 1. The monoisotopic (exact) mass is 248 g/mol. The first-order valence-electron chi connectivity index (χ1n) is 6.60. The highest BCUT2D eigenvalue weighted by molar-refractivity contribution is 5.93. The van der Waals surface area contributed by atoms with Crippen LogP contribution in [0.1, 0.15) is 48.7 Å². The highest BCUT2D eigenvalue weighted by Crippen LogP contribution is 2.34. The standard InChI is InChI=1S/C14H20N2O2/c1-3-11(7-10-4-5-10)16-14(18)12-8-15-9(2)6-13(12)17/h6,8,10-11H,3-5,7H2,1-2H3,(H,15,17)(H,16,18). The molecule has 2 N–H and O–H groups in total. The Morgan fingerprint density at radius 3 is 2.83 bits per heavy atom. The second-order valence-electron chi connectivity index (χ2n) is 5.15. The van der Waals surface area contributed by atoms with Crippen LogP contribution in [0.5, 0.6) is 0 Å². The molecule has 0 saturated heterocycles. The Balaban J connectivity index is 2.03. The van der Waals surface area contributed by atoms with Crippen molar-refractivity contribution in [2.45, 2.75) is 45.6 Å². The maximum atomic E-state index is 12.0. The minimum absolute atomic E-state index is 0.186. The lowest BCUT2D eigenvalue weighted by molar-refractivity contribution is 0.0931. The highest BCUT2D eigenvalue weighted by atomic mass is 16.2. The molecule has 1 atom stereocenters. The summed E-state index contributed by atoms with van der Waals surface area (Å²) in [6.07, 6.45) is 5.99. The number of amides is 1. The van der Waals surface area contributed by atoms with Crippen LogP contribution >= 0.6 is 0 Å². The van der Waals surface area contributed by atoms with Crippen molar-refractivity contribution in [2.75, 3.05) is 0 Å². The van der Waals surface area contributed by atoms with E-state index in [9.17, 15) is 9.59 Å². The molecule has 1 saturated carbocycles. The maximum Gasteiger partial charge on any atom is 0.256 e. The number of pyridine rings is 1. The van der Waals surface area contributed by atoms with Crippen molar-refractivity contribution in [1.82, 2.24) is 10.3 Å². The van der Waals surface area contributed by atoms with Crippen LogP contribution in [-0.4, -0.2) is 16.9 Å². The van der Waals surface area contributed by atoms with Crippen molar-refractivity contribution in [1.29, 1.82) is 0 Å². The van der Waals surface area contributed by atoms with Gasteiger partial charge in [-0.15, -0.1) is 0 Å². The molecule has 98 valence electrons. The lowest BCUT2D eigenvalue weighted by Gasteiger charge is -2.16. The molecule has 1 aliphatic carbocycles. The Morgan fingerprint density at radius 2 is 2.28 bits per heavy atom. The van der Waals surface area contributed by atoms with Gasteiger partial charge in [0.2, 0.25) is 0 Å². The summed E-state index contributed by atoms with van der Waals surface area (Å²) in [5, 5.41) is 2.96. The van der Waals surface area contributed by atoms with Gasteiger partial charge in [0.15, 0.2) is 5.43 Å². The van der Waals surface area contributed by atoms with Gasteiger partial charge < -0.3 is 10.3 Å². The molecule has 0 aliphatic heterocycles. The van der Waals surface area contributed by atoms with Crippen LogP contribution in [0, 0.1) is 12.8 Å². The Bertz CT molecular complexity index is 489. The second kappa shape index (κ2) is 5.38. The molecule has 0 aromatic carbocycles. The third-order valence-electron chi connectivity index (χ3n) is 3.44. The predicted molar refractivity (Wildman–Crippen MR) is 70.7 cm³/mol. The number of H-pyrrole nitrogens is 1. The van der Waals surface area contributed by atoms with Gasteiger partial charge in [0, 0.05) is 24.0 Å². The van der Waals surface area contributed by atoms with E-state index < -0.39 is 0 Å². The first kappa shape index (κ1) is 12.9. The molecule has 1 aliphatic rings. The van der Waals surface area contributed by atoms with E-state index in [0.29, 0.717) is 0 Å². The molecule has 1 unspecified atom stereocenters. The quantitative estimate of drug-likeness (QED) is 0.837. The molecule has 0 radical (unpaired) electrons. The average Bonchev–Trinajstić information content (AvgIpc) is 3.11. The molecule has 18 heavy (non-hydrogen) atoms. The minimum atomic E-state index is -0.260. The third-order valence-corrected chi connectivity index (χ3v) is 3.44. The zero-order valence-corrected chi connectivity index (χ0v) is 11.0. The first-order chi connectivity index (χ1) is 8.60. The van der Waals surface area contributed by atoms with Crippen molar-refractivity contribution in [3.63, 3.8) is 0 Å². The highest BCUT2D eigenvalue weighted by Gasteiger charge is 2.26. The molecular formula is C14H20N2O2. The molecular weight excluding hydrogens is 228 g/mol. The number of carbonyl (C=O) groups is 1. The van der Waals surface area contributed by atoms with Crippen molar-refractivity contribution >= 4 is 5.91 Å². The van der Waals surface area contributed by atoms with Gasteiger partial charge in [-0.1, -0.05) is 19.8 Å². The number of rotatable bonds is 5. The van der Waals surface area contributed by atoms with Gasteiger partial charge in [0.25, 0.3) is 5.91 Å². The number of hydrogen-bond donors (Lipinski definition) is 2. The Morgan fingerprint density at radius 1 is 1.56 bits per heavy atom. The Hall–Kier alpha value is -1.58. The number of nitrogens with one attached hydrogen (secondary N) is 2. The molecule has 4 nitrogen and oxygen atoms in total. The van der Waals surface area contributed by atoms with E-state index in [1.54, 1.807) is 6.92 Å². The minimum Gasteiger partial charge on any atom is -0.364 e. The average molecular weight is 248 g/mol. The number of aryl methyl sites for hydroxylation is 1. The largest absolute Gasteiger partial charge is 0.364 e. The van der Waals surface area contributed by atoms with Crippen LogP contribution in [0.25, 0.3) is 0 Å². The van der Waals surface area contributed by atoms with Crippen molar-refractivity contribution in [2.24, 2.45) is 5.92 Å². The summed E-state index contributed by atoms with van der Waals surface area (Å²) in [5.41, 5.74) is 0.751. The van der Waals surface area contributed by atoms with E-state index in [2.05, 4.69) is 17.2 Å². The SMILES string of the molecule is CCC(CC1CC1)NC(=O)c1c[nH]c(C)cc1=O. The normalized spacial score (nSPS) is 16.3. The van der Waals surface area contributed by atoms with Crippen LogP contribution < -0.4 is 10.7 Å². The molecule has 1 fully saturated rings. The van der Waals surface area contributed by atoms with Gasteiger partial charge in [-0.2, -0.15) is 0 Å². The van der Waals surface area contributed by atoms with Gasteiger partial charge in [0.1, 0.15) is 5.56 Å². The third kappa shape index (κ3) is 3.22. The van der Waals surface area contributed by atoms with E-state index in [-0.39, 0.29) is 22.9 Å². The van der Waals surface area contributed by atoms with E-state index >= 15 is 0 Å². The molecule has 4 heteroatoms. The number of aromatic nitrogens is 1. The lowest BCUT2D eigenvalue weighted by atomic mass is 10.1. The molecule has 1 aromatic rings. The number of hydrogen-bond acceptors (Lipinski definition) is 2. The zero-order chi connectivity index (χ0) is 13.1. The summed E-state index contributed by atoms with van der Waals surface area (Å²) in [4.78, 5) is 26.6. The topological polar surface area (TPSA) is 62.0 Å². The van der Waals surface area contributed by atoms with Gasteiger partial charge in [-0.3, -0.25) is 9.59 Å². The van der Waals surface area contributed by atoms with Crippen LogP contribution in [0.2, 0.25) is 0 Å². The lowest BCUT2D eigenvalue weighted by Crippen LogP contribution is -2.37. The van der Waals surface area contributed by atoms with Crippen molar-refractivity contribution in [3.8, 4) is 0 Å². The summed E-state index contributed by atoms with van der Waals surface area (Å²) in [6.45, 7) is 3.86. The molecule has 0 bridgehead atoms. The molecule has 0 spiro atoms. The zero-order valence-electron chi connectivity index (χ0n) is 11.0. The Labute approximate surface area is 107 Å². The first-order valence-corrected chi connectivity index (χ1v) is 6.60. The smallest absolute Gasteiger partial charge is 0.256 e. The van der Waals surface area contributed by atoms with Crippen LogP contribution in [0.4, 0.5) is 0 Å². The maximum absolute atomic E-state index is 12.0. The van der Waals surface area contributed by atoms with Gasteiger partial charge in [-0.25, -0.2) is 0 Å². The summed E-state index contributed by atoms with van der Waals surface area (Å²) >= 11 is 0. The fourth-order valence-corrected chi connectivity index (χ4v) is 2.10. The van der Waals surface area contributed by atoms with Gasteiger partial charge in [0.05, 0.1) is 0 Å². The summed E-state index contributed by atoms with van der Waals surface area (Å²) in [7, 11) is 0.